The average molecular weight is 364 g/mol. The quantitative estimate of drug-likeness (QED) is 0.770. The second kappa shape index (κ2) is 5.97. The van der Waals surface area contributed by atoms with Gasteiger partial charge in [-0.25, -0.2) is 0 Å². The molecule has 1 aromatic heterocycles. The molecule has 0 aliphatic rings. The van der Waals surface area contributed by atoms with Crippen LogP contribution in [0.25, 0.3) is 17.1 Å². The van der Waals surface area contributed by atoms with E-state index in [1.54, 1.807) is 0 Å². The predicted molar refractivity (Wildman–Crippen MR) is 87.4 cm³/mol. The summed E-state index contributed by atoms with van der Waals surface area (Å²) < 4.78 is 2.79. The maximum atomic E-state index is 6.17. The molecule has 1 heterocycles. The molecule has 0 saturated heterocycles. The van der Waals surface area contributed by atoms with Gasteiger partial charge in [0.2, 0.25) is 0 Å². The summed E-state index contributed by atoms with van der Waals surface area (Å²) in [5.41, 5.74) is 7.63. The molecule has 0 aliphatic carbocycles. The zero-order chi connectivity index (χ0) is 14.8. The van der Waals surface area contributed by atoms with Crippen molar-refractivity contribution in [2.75, 3.05) is 0 Å². The molecule has 21 heavy (non-hydrogen) atoms. The van der Waals surface area contributed by atoms with Crippen molar-refractivity contribution in [1.82, 2.24) is 14.8 Å². The number of rotatable bonds is 3. The highest BCUT2D eigenvalue weighted by Crippen LogP contribution is 2.29. The van der Waals surface area contributed by atoms with Crippen LogP contribution in [0.2, 0.25) is 5.02 Å². The van der Waals surface area contributed by atoms with Crippen LogP contribution >= 0.6 is 27.5 Å². The maximum absolute atomic E-state index is 6.17. The molecule has 2 N–H and O–H groups in total. The molecule has 0 fully saturated rings. The fourth-order valence-corrected chi connectivity index (χ4v) is 2.55. The molecule has 4 nitrogen and oxygen atoms in total. The lowest BCUT2D eigenvalue weighted by Crippen LogP contribution is -2.07. The van der Waals surface area contributed by atoms with Crippen LogP contribution in [0.5, 0.6) is 0 Å². The summed E-state index contributed by atoms with van der Waals surface area (Å²) in [6, 6.07) is 15.6. The first kappa shape index (κ1) is 14.3. The minimum Gasteiger partial charge on any atom is -0.324 e. The summed E-state index contributed by atoms with van der Waals surface area (Å²) in [4.78, 5) is 0. The van der Waals surface area contributed by atoms with Crippen LogP contribution in [0.15, 0.2) is 53.0 Å². The zero-order valence-electron chi connectivity index (χ0n) is 11.0. The van der Waals surface area contributed by atoms with Crippen LogP contribution in [0.4, 0.5) is 0 Å². The second-order valence-corrected chi connectivity index (χ2v) is 5.71. The largest absolute Gasteiger partial charge is 0.324 e. The van der Waals surface area contributed by atoms with Gasteiger partial charge in [0, 0.05) is 15.7 Å². The molecule has 6 heteroatoms. The molecule has 3 aromatic rings. The third kappa shape index (κ3) is 2.72. The van der Waals surface area contributed by atoms with Crippen molar-refractivity contribution in [3.8, 4) is 17.1 Å². The maximum Gasteiger partial charge on any atom is 0.168 e. The molecule has 0 bridgehead atoms. The molecule has 2 aromatic carbocycles. The Morgan fingerprint density at radius 1 is 1.10 bits per heavy atom. The Morgan fingerprint density at radius 3 is 2.52 bits per heavy atom. The van der Waals surface area contributed by atoms with Crippen LogP contribution in [-0.2, 0) is 6.54 Å². The number of hydrogen-bond acceptors (Lipinski definition) is 3. The average Bonchev–Trinajstić information content (AvgIpc) is 2.95. The highest BCUT2D eigenvalue weighted by molar-refractivity contribution is 9.10. The summed E-state index contributed by atoms with van der Waals surface area (Å²) in [5.74, 6) is 1.42. The van der Waals surface area contributed by atoms with Crippen molar-refractivity contribution in [3.05, 3.63) is 63.9 Å². The number of aromatic nitrogens is 3. The van der Waals surface area contributed by atoms with Crippen LogP contribution in [0, 0.1) is 0 Å². The fourth-order valence-electron chi connectivity index (χ4n) is 2.12. The first-order valence-electron chi connectivity index (χ1n) is 6.36. The van der Waals surface area contributed by atoms with Gasteiger partial charge in [-0.3, -0.25) is 4.57 Å². The molecule has 0 spiro atoms. The van der Waals surface area contributed by atoms with Crippen molar-refractivity contribution in [3.63, 3.8) is 0 Å². The molecule has 0 amide bonds. The Hall–Kier alpha value is -1.69. The van der Waals surface area contributed by atoms with E-state index >= 15 is 0 Å². The normalized spacial score (nSPS) is 10.8. The van der Waals surface area contributed by atoms with Crippen molar-refractivity contribution in [2.45, 2.75) is 6.54 Å². The Bertz CT molecular complexity index is 771. The molecule has 0 atom stereocenters. The summed E-state index contributed by atoms with van der Waals surface area (Å²) in [6.07, 6.45) is 0. The van der Waals surface area contributed by atoms with Gasteiger partial charge in [-0.05, 0) is 46.3 Å². The minimum absolute atomic E-state index is 0.312. The van der Waals surface area contributed by atoms with E-state index < -0.39 is 0 Å². The Kier molecular flexibility index (Phi) is 4.05. The van der Waals surface area contributed by atoms with Crippen LogP contribution in [0.1, 0.15) is 5.82 Å². The third-order valence-electron chi connectivity index (χ3n) is 3.10. The topological polar surface area (TPSA) is 56.7 Å². The Morgan fingerprint density at radius 2 is 1.86 bits per heavy atom. The lowest BCUT2D eigenvalue weighted by molar-refractivity contribution is 0.861. The van der Waals surface area contributed by atoms with E-state index in [2.05, 4.69) is 26.1 Å². The number of nitrogens with two attached hydrogens (primary N) is 1. The van der Waals surface area contributed by atoms with E-state index in [4.69, 9.17) is 17.3 Å². The molecule has 0 unspecified atom stereocenters. The van der Waals surface area contributed by atoms with Crippen molar-refractivity contribution >= 4 is 27.5 Å². The summed E-state index contributed by atoms with van der Waals surface area (Å²) in [6.45, 7) is 0.312. The number of benzene rings is 2. The first-order valence-corrected chi connectivity index (χ1v) is 7.53. The number of nitrogens with zero attached hydrogens (tertiary/aromatic N) is 3. The highest BCUT2D eigenvalue weighted by Gasteiger charge is 2.15. The fraction of sp³-hybridized carbons (Fsp3) is 0.0667. The van der Waals surface area contributed by atoms with Gasteiger partial charge < -0.3 is 5.73 Å². The van der Waals surface area contributed by atoms with Gasteiger partial charge in [0.25, 0.3) is 0 Å². The molecule has 0 saturated carbocycles. The van der Waals surface area contributed by atoms with Gasteiger partial charge in [0.05, 0.1) is 11.6 Å². The second-order valence-electron chi connectivity index (χ2n) is 4.44. The summed E-state index contributed by atoms with van der Waals surface area (Å²) in [5, 5.41) is 9.07. The molecular formula is C15H12BrClN4. The van der Waals surface area contributed by atoms with E-state index in [9.17, 15) is 0 Å². The number of hydrogen-bond donors (Lipinski definition) is 1. The van der Waals surface area contributed by atoms with Gasteiger partial charge in [-0.15, -0.1) is 10.2 Å². The zero-order valence-corrected chi connectivity index (χ0v) is 13.3. The minimum atomic E-state index is 0.312. The number of halogens is 2. The van der Waals surface area contributed by atoms with Gasteiger partial charge in [0.15, 0.2) is 11.6 Å². The summed E-state index contributed by atoms with van der Waals surface area (Å²) in [7, 11) is 0. The van der Waals surface area contributed by atoms with Gasteiger partial charge in [-0.1, -0.05) is 29.8 Å². The highest BCUT2D eigenvalue weighted by atomic mass is 79.9. The SMILES string of the molecule is NCc1nnc(-c2ccc(Br)c(Cl)c2)n1-c1ccccc1. The predicted octanol–water partition coefficient (Wildman–Crippen LogP) is 3.81. The smallest absolute Gasteiger partial charge is 0.168 e. The van der Waals surface area contributed by atoms with E-state index in [0.717, 1.165) is 21.5 Å². The molecule has 106 valence electrons. The lowest BCUT2D eigenvalue weighted by atomic mass is 10.2. The van der Waals surface area contributed by atoms with E-state index in [0.29, 0.717) is 17.4 Å². The van der Waals surface area contributed by atoms with Crippen LogP contribution in [0.3, 0.4) is 0 Å². The van der Waals surface area contributed by atoms with Crippen LogP contribution < -0.4 is 5.73 Å². The van der Waals surface area contributed by atoms with E-state index in [-0.39, 0.29) is 0 Å². The van der Waals surface area contributed by atoms with Crippen molar-refractivity contribution < 1.29 is 0 Å². The molecule has 0 radical (unpaired) electrons. The Labute approximate surface area is 135 Å². The number of para-hydroxylation sites is 1. The first-order chi connectivity index (χ1) is 10.2. The van der Waals surface area contributed by atoms with E-state index in [1.165, 1.54) is 0 Å². The van der Waals surface area contributed by atoms with Crippen molar-refractivity contribution in [2.24, 2.45) is 5.73 Å². The monoisotopic (exact) mass is 362 g/mol. The Balaban J connectivity index is 2.20. The van der Waals surface area contributed by atoms with Crippen molar-refractivity contribution in [1.29, 1.82) is 0 Å². The van der Waals surface area contributed by atoms with Crippen LogP contribution in [-0.4, -0.2) is 14.8 Å². The van der Waals surface area contributed by atoms with Gasteiger partial charge in [-0.2, -0.15) is 0 Å². The van der Waals surface area contributed by atoms with Gasteiger partial charge in [0.1, 0.15) is 0 Å². The standard InChI is InChI=1S/C15H12BrClN4/c16-12-7-6-10(8-13(12)17)15-20-19-14(9-18)21(15)11-4-2-1-3-5-11/h1-8H,9,18H2. The molecular weight excluding hydrogens is 352 g/mol. The summed E-state index contributed by atoms with van der Waals surface area (Å²) >= 11 is 9.56. The third-order valence-corrected chi connectivity index (χ3v) is 4.34. The molecule has 3 rings (SSSR count). The van der Waals surface area contributed by atoms with E-state index in [1.807, 2.05) is 53.1 Å². The molecule has 0 aliphatic heterocycles. The lowest BCUT2D eigenvalue weighted by Gasteiger charge is -2.10. The van der Waals surface area contributed by atoms with Gasteiger partial charge >= 0.3 is 0 Å².